The summed E-state index contributed by atoms with van der Waals surface area (Å²) in [6, 6.07) is 16.7. The molecule has 2 aromatic rings. The fourth-order valence-electron chi connectivity index (χ4n) is 4.35. The molecule has 0 heterocycles. The first-order valence-corrected chi connectivity index (χ1v) is 8.95. The van der Waals surface area contributed by atoms with E-state index in [4.69, 9.17) is 4.74 Å². The van der Waals surface area contributed by atoms with Crippen LogP contribution in [-0.2, 0) is 17.8 Å². The molecule has 124 valence electrons. The van der Waals surface area contributed by atoms with Crippen LogP contribution in [0.2, 0.25) is 0 Å². The Kier molecular flexibility index (Phi) is 3.91. The third-order valence-electron chi connectivity index (χ3n) is 5.95. The van der Waals surface area contributed by atoms with Crippen LogP contribution in [0, 0.1) is 5.41 Å². The van der Waals surface area contributed by atoms with Crippen molar-refractivity contribution in [2.45, 2.75) is 51.6 Å². The Labute approximate surface area is 143 Å². The normalized spacial score (nSPS) is 25.7. The summed E-state index contributed by atoms with van der Waals surface area (Å²) in [7, 11) is 0. The average molecular weight is 320 g/mol. The van der Waals surface area contributed by atoms with Crippen LogP contribution < -0.4 is 4.74 Å². The van der Waals surface area contributed by atoms with Gasteiger partial charge in [-0.05, 0) is 59.4 Å². The Morgan fingerprint density at radius 2 is 1.88 bits per heavy atom. The van der Waals surface area contributed by atoms with Gasteiger partial charge in [0.05, 0.1) is 0 Å². The van der Waals surface area contributed by atoms with E-state index in [1.165, 1.54) is 23.1 Å². The van der Waals surface area contributed by atoms with E-state index in [1.807, 2.05) is 18.2 Å². The first kappa shape index (κ1) is 15.4. The maximum atomic E-state index is 12.0. The lowest BCUT2D eigenvalue weighted by atomic mass is 9.58. The van der Waals surface area contributed by atoms with E-state index in [9.17, 15) is 4.79 Å². The molecule has 0 aliphatic heterocycles. The zero-order valence-corrected chi connectivity index (χ0v) is 14.3. The van der Waals surface area contributed by atoms with E-state index in [2.05, 4.69) is 37.3 Å². The third kappa shape index (κ3) is 2.86. The highest BCUT2D eigenvalue weighted by atomic mass is 16.5. The number of Topliss-reactive ketones (excluding diaryl/α,β-unsaturated/α-hetero) is 1. The van der Waals surface area contributed by atoms with Crippen molar-refractivity contribution in [2.24, 2.45) is 5.41 Å². The molecule has 0 spiro atoms. The van der Waals surface area contributed by atoms with Crippen LogP contribution in [0.4, 0.5) is 0 Å². The third-order valence-corrected chi connectivity index (χ3v) is 5.95. The molecule has 0 saturated heterocycles. The van der Waals surface area contributed by atoms with Crippen molar-refractivity contribution in [1.82, 2.24) is 0 Å². The van der Waals surface area contributed by atoms with Crippen LogP contribution in [0.3, 0.4) is 0 Å². The summed E-state index contributed by atoms with van der Waals surface area (Å²) in [4.78, 5) is 12.0. The molecule has 2 aliphatic carbocycles. The van der Waals surface area contributed by atoms with Crippen molar-refractivity contribution in [3.63, 3.8) is 0 Å². The number of carbonyl (C=O) groups is 1. The molecule has 24 heavy (non-hydrogen) atoms. The second-order valence-corrected chi connectivity index (χ2v) is 7.58. The molecular formula is C22H24O2. The van der Waals surface area contributed by atoms with Crippen molar-refractivity contribution < 1.29 is 9.53 Å². The van der Waals surface area contributed by atoms with Gasteiger partial charge < -0.3 is 4.74 Å². The molecule has 2 heteroatoms. The molecule has 0 radical (unpaired) electrons. The highest BCUT2D eigenvalue weighted by molar-refractivity contribution is 5.80. The van der Waals surface area contributed by atoms with Gasteiger partial charge in [0.15, 0.2) is 0 Å². The van der Waals surface area contributed by atoms with Crippen LogP contribution in [0.15, 0.2) is 48.5 Å². The van der Waals surface area contributed by atoms with Crippen molar-refractivity contribution >= 4 is 5.78 Å². The van der Waals surface area contributed by atoms with Gasteiger partial charge in [0.25, 0.3) is 0 Å². The number of ketones is 1. The molecule has 2 atom stereocenters. The lowest BCUT2D eigenvalue weighted by Crippen LogP contribution is -2.36. The standard InChI is InChI=1S/C22H24O2/c1-22-11-9-17-13-19(24-15-16-5-3-2-4-6-16)7-8-20(17)21(22)14-18(23)10-12-22/h2-8,13,21H,9-12,14-15H2,1H3/t21-,22+/m1/s1. The number of hydrogen-bond acceptors (Lipinski definition) is 2. The molecule has 0 unspecified atom stereocenters. The fourth-order valence-corrected chi connectivity index (χ4v) is 4.35. The molecule has 0 aromatic heterocycles. The van der Waals surface area contributed by atoms with Gasteiger partial charge in [-0.15, -0.1) is 0 Å². The predicted octanol–water partition coefficient (Wildman–Crippen LogP) is 5.05. The minimum absolute atomic E-state index is 0.299. The van der Waals surface area contributed by atoms with Gasteiger partial charge in [0.1, 0.15) is 18.1 Å². The smallest absolute Gasteiger partial charge is 0.133 e. The van der Waals surface area contributed by atoms with E-state index < -0.39 is 0 Å². The minimum atomic E-state index is 0.299. The van der Waals surface area contributed by atoms with E-state index in [0.717, 1.165) is 25.0 Å². The molecule has 0 amide bonds. The number of ether oxygens (including phenoxy) is 1. The van der Waals surface area contributed by atoms with Gasteiger partial charge >= 0.3 is 0 Å². The molecule has 4 rings (SSSR count). The number of fused-ring (bicyclic) bond motifs is 3. The lowest BCUT2D eigenvalue weighted by molar-refractivity contribution is -0.123. The van der Waals surface area contributed by atoms with Crippen molar-refractivity contribution in [2.75, 3.05) is 0 Å². The summed E-state index contributed by atoms with van der Waals surface area (Å²) in [5.41, 5.74) is 4.23. The molecule has 2 aliphatic rings. The Hall–Kier alpha value is -2.09. The summed E-state index contributed by atoms with van der Waals surface area (Å²) in [5.74, 6) is 1.75. The molecule has 2 nitrogen and oxygen atoms in total. The SMILES string of the molecule is C[C@]12CCC(=O)C[C@@H]1c1ccc(OCc3ccccc3)cc1CC2. The Bertz CT molecular complexity index is 750. The lowest BCUT2D eigenvalue weighted by Gasteiger charge is -2.45. The monoisotopic (exact) mass is 320 g/mol. The van der Waals surface area contributed by atoms with Crippen molar-refractivity contribution in [3.8, 4) is 5.75 Å². The zero-order valence-electron chi connectivity index (χ0n) is 14.3. The summed E-state index contributed by atoms with van der Waals surface area (Å²) in [6.45, 7) is 2.96. The summed E-state index contributed by atoms with van der Waals surface area (Å²) in [5, 5.41) is 0. The highest BCUT2D eigenvalue weighted by Crippen LogP contribution is 2.53. The van der Waals surface area contributed by atoms with Crippen LogP contribution in [0.1, 0.15) is 55.2 Å². The summed E-state index contributed by atoms with van der Waals surface area (Å²) in [6.07, 6.45) is 4.80. The molecule has 1 fully saturated rings. The highest BCUT2D eigenvalue weighted by Gasteiger charge is 2.43. The maximum absolute atomic E-state index is 12.0. The van der Waals surface area contributed by atoms with Crippen LogP contribution in [0.25, 0.3) is 0 Å². The maximum Gasteiger partial charge on any atom is 0.133 e. The Morgan fingerprint density at radius 3 is 2.71 bits per heavy atom. The predicted molar refractivity (Wildman–Crippen MR) is 95.2 cm³/mol. The quantitative estimate of drug-likeness (QED) is 0.790. The van der Waals surface area contributed by atoms with E-state index in [-0.39, 0.29) is 0 Å². The number of rotatable bonds is 3. The number of carbonyl (C=O) groups excluding carboxylic acids is 1. The first-order chi connectivity index (χ1) is 11.6. The summed E-state index contributed by atoms with van der Waals surface area (Å²) >= 11 is 0. The zero-order chi connectivity index (χ0) is 16.6. The Balaban J connectivity index is 1.54. The van der Waals surface area contributed by atoms with Crippen molar-refractivity contribution in [1.29, 1.82) is 0 Å². The van der Waals surface area contributed by atoms with Gasteiger partial charge in [0, 0.05) is 12.8 Å². The average Bonchev–Trinajstić information content (AvgIpc) is 2.61. The molecule has 2 aromatic carbocycles. The van der Waals surface area contributed by atoms with Gasteiger partial charge in [-0.1, -0.05) is 43.3 Å². The summed E-state index contributed by atoms with van der Waals surface area (Å²) < 4.78 is 5.97. The molecule has 0 bridgehead atoms. The molecule has 0 N–H and O–H groups in total. The molecule has 1 saturated carbocycles. The van der Waals surface area contributed by atoms with Crippen molar-refractivity contribution in [3.05, 3.63) is 65.2 Å². The number of hydrogen-bond donors (Lipinski definition) is 0. The second kappa shape index (κ2) is 6.08. The number of aryl methyl sites for hydroxylation is 1. The van der Waals surface area contributed by atoms with Gasteiger partial charge in [-0.3, -0.25) is 4.79 Å². The van der Waals surface area contributed by atoms with Crippen LogP contribution in [0.5, 0.6) is 5.75 Å². The minimum Gasteiger partial charge on any atom is -0.489 e. The van der Waals surface area contributed by atoms with Crippen LogP contribution in [-0.4, -0.2) is 5.78 Å². The molecular weight excluding hydrogens is 296 g/mol. The van der Waals surface area contributed by atoms with Gasteiger partial charge in [-0.25, -0.2) is 0 Å². The van der Waals surface area contributed by atoms with Gasteiger partial charge in [-0.2, -0.15) is 0 Å². The topological polar surface area (TPSA) is 26.3 Å². The largest absolute Gasteiger partial charge is 0.489 e. The van der Waals surface area contributed by atoms with E-state index >= 15 is 0 Å². The number of benzene rings is 2. The van der Waals surface area contributed by atoms with Gasteiger partial charge in [0.2, 0.25) is 0 Å². The van der Waals surface area contributed by atoms with E-state index in [0.29, 0.717) is 30.1 Å². The van der Waals surface area contributed by atoms with E-state index in [1.54, 1.807) is 0 Å². The second-order valence-electron chi connectivity index (χ2n) is 7.58. The fraction of sp³-hybridized carbons (Fsp3) is 0.409. The Morgan fingerprint density at radius 1 is 1.08 bits per heavy atom. The van der Waals surface area contributed by atoms with Crippen LogP contribution >= 0.6 is 0 Å². The first-order valence-electron chi connectivity index (χ1n) is 8.95.